The third-order valence-corrected chi connectivity index (χ3v) is 9.38. The van der Waals surface area contributed by atoms with Crippen LogP contribution >= 0.6 is 0 Å². The summed E-state index contributed by atoms with van der Waals surface area (Å²) < 4.78 is 2.34. The molecule has 51 heavy (non-hydrogen) atoms. The fourth-order valence-electron chi connectivity index (χ4n) is 7.06. The van der Waals surface area contributed by atoms with Gasteiger partial charge in [0.15, 0.2) is 0 Å². The van der Waals surface area contributed by atoms with E-state index in [0.717, 1.165) is 72.9 Å². The van der Waals surface area contributed by atoms with Gasteiger partial charge in [-0.15, -0.1) is 0 Å². The Hall–Kier alpha value is -6.91. The van der Waals surface area contributed by atoms with Crippen molar-refractivity contribution in [1.29, 1.82) is 0 Å². The van der Waals surface area contributed by atoms with E-state index in [1.54, 1.807) is 0 Å². The molecular formula is C47H34N4. The van der Waals surface area contributed by atoms with Gasteiger partial charge >= 0.3 is 0 Å². The molecule has 4 heteroatoms. The van der Waals surface area contributed by atoms with Crippen molar-refractivity contribution < 1.29 is 0 Å². The van der Waals surface area contributed by atoms with E-state index in [1.807, 2.05) is 12.3 Å². The maximum atomic E-state index is 4.93. The fourth-order valence-corrected chi connectivity index (χ4v) is 7.06. The lowest BCUT2D eigenvalue weighted by Crippen LogP contribution is -2.09. The van der Waals surface area contributed by atoms with Crippen LogP contribution < -0.4 is 9.80 Å². The second kappa shape index (κ2) is 13.2. The first-order chi connectivity index (χ1) is 25.3. The van der Waals surface area contributed by atoms with Crippen molar-refractivity contribution in [1.82, 2.24) is 9.55 Å². The minimum Gasteiger partial charge on any atom is -0.310 e. The predicted octanol–water partition coefficient (Wildman–Crippen LogP) is 12.8. The number of hydrogen-bond donors (Lipinski definition) is 0. The number of aromatic nitrogens is 2. The predicted molar refractivity (Wildman–Crippen MR) is 213 cm³/mol. The molecule has 0 aliphatic heterocycles. The molecule has 0 aliphatic rings. The van der Waals surface area contributed by atoms with E-state index in [1.165, 1.54) is 0 Å². The lowest BCUT2D eigenvalue weighted by molar-refractivity contribution is 1.14. The number of fused-ring (bicyclic) bond motifs is 3. The molecule has 0 radical (unpaired) electrons. The third-order valence-electron chi connectivity index (χ3n) is 9.38. The lowest BCUT2D eigenvalue weighted by atomic mass is 10.1. The zero-order valence-electron chi connectivity index (χ0n) is 27.9. The molecule has 0 N–H and O–H groups in total. The zero-order valence-corrected chi connectivity index (χ0v) is 27.9. The van der Waals surface area contributed by atoms with Crippen LogP contribution in [-0.4, -0.2) is 9.55 Å². The van der Waals surface area contributed by atoms with E-state index >= 15 is 0 Å². The minimum absolute atomic E-state index is 0.951. The molecule has 0 spiro atoms. The molecule has 242 valence electrons. The molecule has 4 nitrogen and oxygen atoms in total. The van der Waals surface area contributed by atoms with Gasteiger partial charge in [-0.05, 0) is 97.1 Å². The monoisotopic (exact) mass is 654 g/mol. The van der Waals surface area contributed by atoms with E-state index in [4.69, 9.17) is 4.98 Å². The summed E-state index contributed by atoms with van der Waals surface area (Å²) in [5, 5.41) is 2.32. The summed E-state index contributed by atoms with van der Waals surface area (Å²) in [7, 11) is 0. The Labute approximate surface area is 297 Å². The summed E-state index contributed by atoms with van der Waals surface area (Å²) in [4.78, 5) is 9.58. The fraction of sp³-hybridized carbons (Fsp3) is 0. The highest BCUT2D eigenvalue weighted by atomic mass is 15.1. The molecule has 0 saturated heterocycles. The molecule has 7 aromatic carbocycles. The average molecular weight is 655 g/mol. The molecule has 2 aromatic heterocycles. The Morgan fingerprint density at radius 1 is 0.353 bits per heavy atom. The van der Waals surface area contributed by atoms with Crippen molar-refractivity contribution in [3.63, 3.8) is 0 Å². The molecule has 9 aromatic rings. The second-order valence-corrected chi connectivity index (χ2v) is 12.5. The number of anilines is 6. The molecule has 0 unspecified atom stereocenters. The van der Waals surface area contributed by atoms with Crippen LogP contribution in [0.3, 0.4) is 0 Å². The van der Waals surface area contributed by atoms with Crippen LogP contribution in [0, 0.1) is 0 Å². The summed E-state index contributed by atoms with van der Waals surface area (Å²) in [6, 6.07) is 70.5. The number of para-hydroxylation sites is 4. The Kier molecular flexibility index (Phi) is 7.80. The highest BCUT2D eigenvalue weighted by Crippen LogP contribution is 2.42. The van der Waals surface area contributed by atoms with Crippen LogP contribution in [0.5, 0.6) is 0 Å². The maximum Gasteiger partial charge on any atom is 0.0703 e. The highest BCUT2D eigenvalue weighted by molar-refractivity contribution is 6.12. The molecule has 0 saturated carbocycles. The molecular weight excluding hydrogens is 621 g/mol. The first kappa shape index (κ1) is 30.2. The van der Waals surface area contributed by atoms with E-state index in [0.29, 0.717) is 0 Å². The topological polar surface area (TPSA) is 24.3 Å². The summed E-state index contributed by atoms with van der Waals surface area (Å²) in [6.07, 6.45) is 1.99. The van der Waals surface area contributed by atoms with E-state index < -0.39 is 0 Å². The molecule has 9 rings (SSSR count). The van der Waals surface area contributed by atoms with Gasteiger partial charge in [0.25, 0.3) is 0 Å². The standard InChI is InChI=1S/C47H34N4/c1-6-16-35(17-7-1)45-29-26-42(34-48-45)51-46-30-27-40(49(36-18-8-2-9-19-36)37-20-10-3-11-21-37)32-43(46)44-33-41(28-31-47(44)51)50(38-22-12-4-13-23-38)39-24-14-5-15-25-39/h1-34H. The van der Waals surface area contributed by atoms with Crippen molar-refractivity contribution in [3.05, 3.63) is 206 Å². The maximum absolute atomic E-state index is 4.93. The van der Waals surface area contributed by atoms with Crippen LogP contribution in [0.2, 0.25) is 0 Å². The Bertz CT molecular complexity index is 2330. The molecule has 0 amide bonds. The number of nitrogens with zero attached hydrogens (tertiary/aromatic N) is 4. The van der Waals surface area contributed by atoms with Gasteiger partial charge in [-0.25, -0.2) is 0 Å². The second-order valence-electron chi connectivity index (χ2n) is 12.5. The normalized spacial score (nSPS) is 11.1. The number of rotatable bonds is 8. The zero-order chi connectivity index (χ0) is 34.0. The van der Waals surface area contributed by atoms with Crippen molar-refractivity contribution in [3.8, 4) is 16.9 Å². The van der Waals surface area contributed by atoms with Crippen molar-refractivity contribution in [2.45, 2.75) is 0 Å². The van der Waals surface area contributed by atoms with E-state index in [9.17, 15) is 0 Å². The molecule has 0 fully saturated rings. The van der Waals surface area contributed by atoms with E-state index in [-0.39, 0.29) is 0 Å². The molecule has 0 aliphatic carbocycles. The van der Waals surface area contributed by atoms with Gasteiger partial charge in [-0.3, -0.25) is 4.98 Å². The summed E-state index contributed by atoms with van der Waals surface area (Å²) in [6.45, 7) is 0. The average Bonchev–Trinajstić information content (AvgIpc) is 3.53. The first-order valence-corrected chi connectivity index (χ1v) is 17.2. The highest BCUT2D eigenvalue weighted by Gasteiger charge is 2.20. The number of benzene rings is 7. The lowest BCUT2D eigenvalue weighted by Gasteiger charge is -2.26. The van der Waals surface area contributed by atoms with Crippen LogP contribution in [0.1, 0.15) is 0 Å². The van der Waals surface area contributed by atoms with Crippen molar-refractivity contribution in [2.24, 2.45) is 0 Å². The molecule has 0 bridgehead atoms. The molecule has 2 heterocycles. The quantitative estimate of drug-likeness (QED) is 0.163. The summed E-state index contributed by atoms with van der Waals surface area (Å²) in [5.41, 5.74) is 11.9. The summed E-state index contributed by atoms with van der Waals surface area (Å²) in [5.74, 6) is 0. The Balaban J connectivity index is 1.28. The molecule has 0 atom stereocenters. The largest absolute Gasteiger partial charge is 0.310 e. The smallest absolute Gasteiger partial charge is 0.0703 e. The van der Waals surface area contributed by atoms with Gasteiger partial charge in [0.2, 0.25) is 0 Å². The Morgan fingerprint density at radius 2 is 0.745 bits per heavy atom. The van der Waals surface area contributed by atoms with Gasteiger partial charge in [0.1, 0.15) is 0 Å². The first-order valence-electron chi connectivity index (χ1n) is 17.2. The number of hydrogen-bond acceptors (Lipinski definition) is 3. The van der Waals surface area contributed by atoms with Gasteiger partial charge in [0, 0.05) is 50.5 Å². The SMILES string of the molecule is c1ccc(-c2ccc(-n3c4ccc(N(c5ccccc5)c5ccccc5)cc4c4cc(N(c5ccccc5)c5ccccc5)ccc43)cn2)cc1. The van der Waals surface area contributed by atoms with Crippen LogP contribution in [-0.2, 0) is 0 Å². The number of pyridine rings is 1. The third kappa shape index (κ3) is 5.69. The van der Waals surface area contributed by atoms with Crippen LogP contribution in [0.15, 0.2) is 206 Å². The van der Waals surface area contributed by atoms with Crippen LogP contribution in [0.4, 0.5) is 34.1 Å². The minimum atomic E-state index is 0.951. The van der Waals surface area contributed by atoms with Gasteiger partial charge < -0.3 is 14.4 Å². The van der Waals surface area contributed by atoms with Crippen molar-refractivity contribution >= 4 is 55.9 Å². The Morgan fingerprint density at radius 3 is 1.12 bits per heavy atom. The van der Waals surface area contributed by atoms with Crippen LogP contribution in [0.25, 0.3) is 38.8 Å². The van der Waals surface area contributed by atoms with Gasteiger partial charge in [-0.1, -0.05) is 103 Å². The summed E-state index contributed by atoms with van der Waals surface area (Å²) >= 11 is 0. The van der Waals surface area contributed by atoms with Gasteiger partial charge in [-0.2, -0.15) is 0 Å². The van der Waals surface area contributed by atoms with Crippen molar-refractivity contribution in [2.75, 3.05) is 9.80 Å². The van der Waals surface area contributed by atoms with E-state index in [2.05, 4.69) is 208 Å². The van der Waals surface area contributed by atoms with Gasteiger partial charge in [0.05, 0.1) is 28.6 Å².